The molecule has 0 aromatic heterocycles. The predicted octanol–water partition coefficient (Wildman–Crippen LogP) is 3.45. The highest BCUT2D eigenvalue weighted by Gasteiger charge is 2.45. The van der Waals surface area contributed by atoms with E-state index in [1.807, 2.05) is 6.07 Å². The molecule has 0 saturated carbocycles. The molecule has 10 heteroatoms. The molecule has 2 aromatic carbocycles. The van der Waals surface area contributed by atoms with E-state index in [0.29, 0.717) is 22.4 Å². The molecular weight excluding hydrogens is 475 g/mol. The Kier molecular flexibility index (Phi) is 10.0. The molecule has 0 fully saturated rings. The maximum Gasteiger partial charge on any atom is 0.414 e. The first kappa shape index (κ1) is 28.8. The quantitative estimate of drug-likeness (QED) is 0.430. The van der Waals surface area contributed by atoms with E-state index in [1.54, 1.807) is 36.4 Å². The summed E-state index contributed by atoms with van der Waals surface area (Å²) in [4.78, 5) is 26.2. The van der Waals surface area contributed by atoms with Crippen LogP contribution in [0.4, 0.5) is 13.2 Å². The lowest BCUT2D eigenvalue weighted by Gasteiger charge is -2.29. The molecule has 0 spiro atoms. The van der Waals surface area contributed by atoms with Gasteiger partial charge < -0.3 is 20.9 Å². The number of amides is 1. The fourth-order valence-corrected chi connectivity index (χ4v) is 3.81. The third kappa shape index (κ3) is 7.80. The summed E-state index contributed by atoms with van der Waals surface area (Å²) >= 11 is 0. The van der Waals surface area contributed by atoms with Crippen molar-refractivity contribution in [3.63, 3.8) is 0 Å². The number of nitrogens with one attached hydrogen (secondary N) is 1. The van der Waals surface area contributed by atoms with Crippen LogP contribution in [0.15, 0.2) is 48.5 Å². The van der Waals surface area contributed by atoms with Crippen molar-refractivity contribution in [3.05, 3.63) is 65.2 Å². The molecule has 2 rings (SSSR count). The number of halogens is 3. The van der Waals surface area contributed by atoms with E-state index in [0.717, 1.165) is 0 Å². The standard InChI is InChI=1S/C26H30F3N3O4/c1-15(2)20(24(34)26(27,28)29)13-22(33)23(18-7-9-19(36-3)10-8-18)32-25(35)21(31)12-16-5-4-6-17(11-16)14-30/h4-11,15,20-21,23-24,34H,12-13,31H2,1-3H3,(H,32,35)/t20-,21-,23-,24-/m0/s1. The minimum absolute atomic E-state index is 0.0757. The Hall–Kier alpha value is -3.42. The Labute approximate surface area is 208 Å². The molecular formula is C26H30F3N3O4. The van der Waals surface area contributed by atoms with Gasteiger partial charge in [-0.1, -0.05) is 38.1 Å². The third-order valence-electron chi connectivity index (χ3n) is 5.94. The zero-order valence-corrected chi connectivity index (χ0v) is 20.3. The number of ether oxygens (including phenoxy) is 1. The van der Waals surface area contributed by atoms with Gasteiger partial charge in [-0.2, -0.15) is 18.4 Å². The van der Waals surface area contributed by atoms with E-state index in [1.165, 1.54) is 33.1 Å². The zero-order chi connectivity index (χ0) is 27.0. The van der Waals surface area contributed by atoms with Gasteiger partial charge in [-0.25, -0.2) is 0 Å². The van der Waals surface area contributed by atoms with Crippen molar-refractivity contribution >= 4 is 11.7 Å². The topological polar surface area (TPSA) is 125 Å². The smallest absolute Gasteiger partial charge is 0.414 e. The van der Waals surface area contributed by atoms with Crippen LogP contribution in [0.3, 0.4) is 0 Å². The number of aliphatic hydroxyl groups is 1. The number of rotatable bonds is 11. The number of nitrogens with zero attached hydrogens (tertiary/aromatic N) is 1. The molecule has 0 bridgehead atoms. The molecule has 4 N–H and O–H groups in total. The molecule has 0 aliphatic heterocycles. The van der Waals surface area contributed by atoms with Crippen molar-refractivity contribution in [1.29, 1.82) is 5.26 Å². The minimum Gasteiger partial charge on any atom is -0.497 e. The van der Waals surface area contributed by atoms with E-state index in [4.69, 9.17) is 15.7 Å². The monoisotopic (exact) mass is 505 g/mol. The number of alkyl halides is 3. The lowest BCUT2D eigenvalue weighted by Crippen LogP contribution is -2.46. The number of nitriles is 1. The summed E-state index contributed by atoms with van der Waals surface area (Å²) in [6.07, 6.45) is -8.13. The number of carbonyl (C=O) groups excluding carboxylic acids is 2. The Morgan fingerprint density at radius 3 is 2.33 bits per heavy atom. The number of carbonyl (C=O) groups is 2. The van der Waals surface area contributed by atoms with Gasteiger partial charge in [-0.05, 0) is 47.7 Å². The van der Waals surface area contributed by atoms with Crippen molar-refractivity contribution in [2.24, 2.45) is 17.6 Å². The number of hydrogen-bond acceptors (Lipinski definition) is 6. The van der Waals surface area contributed by atoms with Gasteiger partial charge in [0.1, 0.15) is 11.8 Å². The van der Waals surface area contributed by atoms with Crippen LogP contribution < -0.4 is 15.8 Å². The first-order valence-corrected chi connectivity index (χ1v) is 11.3. The minimum atomic E-state index is -4.89. The first-order chi connectivity index (χ1) is 16.9. The number of methoxy groups -OCH3 is 1. The number of hydrogen-bond donors (Lipinski definition) is 3. The number of benzene rings is 2. The fraction of sp³-hybridized carbons (Fsp3) is 0.423. The summed E-state index contributed by atoms with van der Waals surface area (Å²) in [5.41, 5.74) is 7.42. The summed E-state index contributed by atoms with van der Waals surface area (Å²) in [5, 5.41) is 21.5. The van der Waals surface area contributed by atoms with Gasteiger partial charge in [0.05, 0.1) is 24.8 Å². The van der Waals surface area contributed by atoms with Crippen molar-refractivity contribution in [1.82, 2.24) is 5.32 Å². The highest BCUT2D eigenvalue weighted by molar-refractivity contribution is 5.92. The van der Waals surface area contributed by atoms with Crippen LogP contribution in [0.25, 0.3) is 0 Å². The summed E-state index contributed by atoms with van der Waals surface area (Å²) in [7, 11) is 1.45. The molecule has 0 aliphatic carbocycles. The number of ketones is 1. The summed E-state index contributed by atoms with van der Waals surface area (Å²) < 4.78 is 44.7. The molecule has 0 saturated heterocycles. The van der Waals surface area contributed by atoms with E-state index >= 15 is 0 Å². The molecule has 36 heavy (non-hydrogen) atoms. The molecule has 0 heterocycles. The van der Waals surface area contributed by atoms with Gasteiger partial charge in [-0.15, -0.1) is 0 Å². The largest absolute Gasteiger partial charge is 0.497 e. The molecule has 2 aromatic rings. The average Bonchev–Trinajstić information content (AvgIpc) is 2.84. The lowest BCUT2D eigenvalue weighted by molar-refractivity contribution is -0.224. The van der Waals surface area contributed by atoms with Crippen LogP contribution in [0.2, 0.25) is 0 Å². The zero-order valence-electron chi connectivity index (χ0n) is 20.3. The lowest BCUT2D eigenvalue weighted by atomic mass is 9.83. The second-order valence-corrected chi connectivity index (χ2v) is 8.90. The van der Waals surface area contributed by atoms with Crippen LogP contribution in [-0.2, 0) is 16.0 Å². The van der Waals surface area contributed by atoms with Gasteiger partial charge in [0.15, 0.2) is 11.9 Å². The van der Waals surface area contributed by atoms with Gasteiger partial charge in [0.25, 0.3) is 0 Å². The van der Waals surface area contributed by atoms with Crippen LogP contribution in [-0.4, -0.2) is 42.2 Å². The van der Waals surface area contributed by atoms with Crippen LogP contribution in [0.1, 0.15) is 43.0 Å². The second kappa shape index (κ2) is 12.5. The molecule has 4 atom stereocenters. The first-order valence-electron chi connectivity index (χ1n) is 11.3. The summed E-state index contributed by atoms with van der Waals surface area (Å²) in [6.45, 7) is 2.97. The maximum atomic E-state index is 13.2. The molecule has 0 unspecified atom stereocenters. The SMILES string of the molecule is COc1ccc([C@H](NC(=O)[C@@H](N)Cc2cccc(C#N)c2)C(=O)C[C@@H](C(C)C)[C@H](O)C(F)(F)F)cc1. The van der Waals surface area contributed by atoms with Gasteiger partial charge in [0, 0.05) is 12.3 Å². The number of nitrogens with two attached hydrogens (primary N) is 1. The molecule has 0 aliphatic rings. The highest BCUT2D eigenvalue weighted by atomic mass is 19.4. The summed E-state index contributed by atoms with van der Waals surface area (Å²) in [5.74, 6) is -2.97. The molecule has 0 radical (unpaired) electrons. The van der Waals surface area contributed by atoms with Crippen molar-refractivity contribution < 1.29 is 32.6 Å². The highest BCUT2D eigenvalue weighted by Crippen LogP contribution is 2.33. The Bertz CT molecular complexity index is 1080. The van der Waals surface area contributed by atoms with Gasteiger partial charge >= 0.3 is 6.18 Å². The number of Topliss-reactive ketones (excluding diaryl/α,β-unsaturated/α-hetero) is 1. The van der Waals surface area contributed by atoms with Crippen LogP contribution in [0, 0.1) is 23.2 Å². The average molecular weight is 506 g/mol. The number of aliphatic hydroxyl groups excluding tert-OH is 1. The third-order valence-corrected chi connectivity index (χ3v) is 5.94. The van der Waals surface area contributed by atoms with Crippen molar-refractivity contribution in [2.75, 3.05) is 7.11 Å². The van der Waals surface area contributed by atoms with Crippen LogP contribution >= 0.6 is 0 Å². The second-order valence-electron chi connectivity index (χ2n) is 8.90. The normalized spacial score (nSPS) is 14.9. The van der Waals surface area contributed by atoms with Gasteiger partial charge in [0.2, 0.25) is 5.91 Å². The van der Waals surface area contributed by atoms with Crippen molar-refractivity contribution in [2.45, 2.75) is 51.1 Å². The van der Waals surface area contributed by atoms with E-state index in [9.17, 15) is 27.9 Å². The summed E-state index contributed by atoms with van der Waals surface area (Å²) in [6, 6.07) is 12.3. The Morgan fingerprint density at radius 1 is 1.17 bits per heavy atom. The van der Waals surface area contributed by atoms with E-state index in [-0.39, 0.29) is 6.42 Å². The molecule has 194 valence electrons. The van der Waals surface area contributed by atoms with Gasteiger partial charge in [-0.3, -0.25) is 9.59 Å². The van der Waals surface area contributed by atoms with Crippen molar-refractivity contribution in [3.8, 4) is 11.8 Å². The maximum absolute atomic E-state index is 13.2. The predicted molar refractivity (Wildman–Crippen MR) is 127 cm³/mol. The fourth-order valence-electron chi connectivity index (χ4n) is 3.81. The molecule has 1 amide bonds. The van der Waals surface area contributed by atoms with Crippen LogP contribution in [0.5, 0.6) is 5.75 Å². The Morgan fingerprint density at radius 2 is 1.81 bits per heavy atom. The van der Waals surface area contributed by atoms with E-state index in [2.05, 4.69) is 5.32 Å². The molecule has 7 nitrogen and oxygen atoms in total. The van der Waals surface area contributed by atoms with E-state index < -0.39 is 54.3 Å². The Balaban J connectivity index is 2.29.